The lowest BCUT2D eigenvalue weighted by Gasteiger charge is -2.23. The molecule has 2 fully saturated rings. The summed E-state index contributed by atoms with van der Waals surface area (Å²) in [5.41, 5.74) is 2.52. The topological polar surface area (TPSA) is 27.6 Å². The van der Waals surface area contributed by atoms with Gasteiger partial charge in [-0.25, -0.2) is 0 Å². The fraction of sp³-hybridized carbons (Fsp3) is 0.588. The quantitative estimate of drug-likeness (QED) is 0.895. The fourth-order valence-corrected chi connectivity index (χ4v) is 4.84. The number of nitrogens with zero attached hydrogens (tertiary/aromatic N) is 2. The van der Waals surface area contributed by atoms with E-state index in [9.17, 15) is 0 Å². The van der Waals surface area contributed by atoms with Crippen molar-refractivity contribution in [2.24, 2.45) is 10.9 Å². The Balaban J connectivity index is 1.42. The predicted molar refractivity (Wildman–Crippen MR) is 92.5 cm³/mol. The van der Waals surface area contributed by atoms with Gasteiger partial charge in [-0.1, -0.05) is 18.2 Å². The summed E-state index contributed by atoms with van der Waals surface area (Å²) < 4.78 is 0. The molecule has 0 spiro atoms. The summed E-state index contributed by atoms with van der Waals surface area (Å²) in [5, 5.41) is 4.62. The Bertz CT molecular complexity index is 519. The molecule has 0 aromatic heterocycles. The lowest BCUT2D eigenvalue weighted by molar-refractivity contribution is 0.535. The minimum Gasteiger partial charge on any atom is -0.372 e. The van der Waals surface area contributed by atoms with Gasteiger partial charge in [0.15, 0.2) is 5.17 Å². The van der Waals surface area contributed by atoms with E-state index in [0.717, 1.165) is 11.1 Å². The molecule has 1 saturated carbocycles. The summed E-state index contributed by atoms with van der Waals surface area (Å²) in [6, 6.07) is 9.44. The van der Waals surface area contributed by atoms with Gasteiger partial charge >= 0.3 is 0 Å². The summed E-state index contributed by atoms with van der Waals surface area (Å²) in [7, 11) is 0. The average Bonchev–Trinajstić information content (AvgIpc) is 3.19. The fourth-order valence-electron chi connectivity index (χ4n) is 3.68. The third-order valence-corrected chi connectivity index (χ3v) is 6.00. The molecule has 1 aromatic rings. The molecule has 4 rings (SSSR count). The SMILES string of the molecule is c1cc(N2CCCC2)ccc1NC1=NC2CCCC2CS1. The van der Waals surface area contributed by atoms with Crippen molar-refractivity contribution in [2.45, 2.75) is 38.1 Å². The smallest absolute Gasteiger partial charge is 0.161 e. The molecule has 0 amide bonds. The van der Waals surface area contributed by atoms with Crippen molar-refractivity contribution >= 4 is 28.3 Å². The van der Waals surface area contributed by atoms with Crippen LogP contribution in [0.1, 0.15) is 32.1 Å². The van der Waals surface area contributed by atoms with Gasteiger partial charge < -0.3 is 10.2 Å². The van der Waals surface area contributed by atoms with Gasteiger partial charge in [0, 0.05) is 30.2 Å². The minimum atomic E-state index is 0.581. The van der Waals surface area contributed by atoms with E-state index < -0.39 is 0 Å². The summed E-state index contributed by atoms with van der Waals surface area (Å²) in [6.07, 6.45) is 6.67. The molecule has 0 bridgehead atoms. The molecule has 3 nitrogen and oxygen atoms in total. The zero-order valence-electron chi connectivity index (χ0n) is 12.4. The monoisotopic (exact) mass is 301 g/mol. The maximum Gasteiger partial charge on any atom is 0.161 e. The molecule has 2 heterocycles. The number of aliphatic imine (C=N–C) groups is 1. The highest BCUT2D eigenvalue weighted by atomic mass is 32.2. The molecule has 1 aliphatic carbocycles. The number of hydrogen-bond donors (Lipinski definition) is 1. The predicted octanol–water partition coefficient (Wildman–Crippen LogP) is 3.97. The summed E-state index contributed by atoms with van der Waals surface area (Å²) in [4.78, 5) is 7.37. The molecule has 21 heavy (non-hydrogen) atoms. The Labute approximate surface area is 131 Å². The van der Waals surface area contributed by atoms with Crippen LogP contribution in [-0.2, 0) is 0 Å². The second-order valence-corrected chi connectivity index (χ2v) is 7.38. The van der Waals surface area contributed by atoms with Crippen LogP contribution in [0.5, 0.6) is 0 Å². The number of fused-ring (bicyclic) bond motifs is 1. The molecule has 2 unspecified atom stereocenters. The normalized spacial score (nSPS) is 28.4. The molecule has 4 heteroatoms. The van der Waals surface area contributed by atoms with Crippen LogP contribution >= 0.6 is 11.8 Å². The Morgan fingerprint density at radius 1 is 1.05 bits per heavy atom. The molecule has 1 aromatic carbocycles. The summed E-state index contributed by atoms with van der Waals surface area (Å²) in [5.74, 6) is 2.07. The van der Waals surface area contributed by atoms with Gasteiger partial charge in [-0.2, -0.15) is 0 Å². The van der Waals surface area contributed by atoms with Crippen LogP contribution in [0, 0.1) is 5.92 Å². The van der Waals surface area contributed by atoms with E-state index in [0.29, 0.717) is 6.04 Å². The Morgan fingerprint density at radius 2 is 1.86 bits per heavy atom. The Kier molecular flexibility index (Phi) is 3.80. The lowest BCUT2D eigenvalue weighted by atomic mass is 10.1. The van der Waals surface area contributed by atoms with Gasteiger partial charge in [0.2, 0.25) is 0 Å². The summed E-state index contributed by atoms with van der Waals surface area (Å²) >= 11 is 1.89. The Morgan fingerprint density at radius 3 is 2.67 bits per heavy atom. The molecule has 0 radical (unpaired) electrons. The van der Waals surface area contributed by atoms with Crippen LogP contribution < -0.4 is 10.2 Å². The highest BCUT2D eigenvalue weighted by Crippen LogP contribution is 2.35. The van der Waals surface area contributed by atoms with Crippen LogP contribution in [0.15, 0.2) is 29.3 Å². The van der Waals surface area contributed by atoms with Gasteiger partial charge in [-0.05, 0) is 55.9 Å². The van der Waals surface area contributed by atoms with E-state index in [1.165, 1.54) is 62.3 Å². The van der Waals surface area contributed by atoms with Gasteiger partial charge in [-0.15, -0.1) is 0 Å². The van der Waals surface area contributed by atoms with Crippen LogP contribution in [0.2, 0.25) is 0 Å². The largest absolute Gasteiger partial charge is 0.372 e. The molecule has 3 aliphatic rings. The van der Waals surface area contributed by atoms with Crippen molar-refractivity contribution in [3.63, 3.8) is 0 Å². The second-order valence-electron chi connectivity index (χ2n) is 6.37. The maximum atomic E-state index is 4.90. The van der Waals surface area contributed by atoms with E-state index in [4.69, 9.17) is 4.99 Å². The van der Waals surface area contributed by atoms with Gasteiger partial charge in [0.25, 0.3) is 0 Å². The minimum absolute atomic E-state index is 0.581. The molecule has 112 valence electrons. The van der Waals surface area contributed by atoms with Crippen LogP contribution in [0.4, 0.5) is 11.4 Å². The lowest BCUT2D eigenvalue weighted by Crippen LogP contribution is -2.25. The van der Waals surface area contributed by atoms with E-state index in [1.807, 2.05) is 11.8 Å². The first-order chi connectivity index (χ1) is 10.4. The van der Waals surface area contributed by atoms with Crippen molar-refractivity contribution in [3.05, 3.63) is 24.3 Å². The maximum absolute atomic E-state index is 4.90. The first-order valence-electron chi connectivity index (χ1n) is 8.21. The van der Waals surface area contributed by atoms with Crippen LogP contribution in [-0.4, -0.2) is 30.1 Å². The molecule has 1 N–H and O–H groups in total. The molecule has 2 atom stereocenters. The van der Waals surface area contributed by atoms with E-state index >= 15 is 0 Å². The van der Waals surface area contributed by atoms with Gasteiger partial charge in [-0.3, -0.25) is 4.99 Å². The molecular formula is C17H23N3S. The van der Waals surface area contributed by atoms with E-state index in [2.05, 4.69) is 34.5 Å². The Hall–Kier alpha value is -1.16. The van der Waals surface area contributed by atoms with Crippen molar-refractivity contribution in [2.75, 3.05) is 29.1 Å². The highest BCUT2D eigenvalue weighted by molar-refractivity contribution is 8.14. The van der Waals surface area contributed by atoms with Crippen molar-refractivity contribution in [1.82, 2.24) is 0 Å². The zero-order valence-corrected chi connectivity index (χ0v) is 13.2. The van der Waals surface area contributed by atoms with E-state index in [1.54, 1.807) is 0 Å². The number of hydrogen-bond acceptors (Lipinski definition) is 4. The van der Waals surface area contributed by atoms with E-state index in [-0.39, 0.29) is 0 Å². The number of rotatable bonds is 2. The second kappa shape index (κ2) is 5.91. The van der Waals surface area contributed by atoms with Crippen molar-refractivity contribution in [3.8, 4) is 0 Å². The van der Waals surface area contributed by atoms with Crippen molar-refractivity contribution < 1.29 is 0 Å². The average molecular weight is 301 g/mol. The number of anilines is 2. The van der Waals surface area contributed by atoms with Gasteiger partial charge in [0.05, 0.1) is 6.04 Å². The van der Waals surface area contributed by atoms with Gasteiger partial charge in [0.1, 0.15) is 0 Å². The highest BCUT2D eigenvalue weighted by Gasteiger charge is 2.30. The first-order valence-corrected chi connectivity index (χ1v) is 9.20. The number of amidine groups is 1. The number of nitrogens with one attached hydrogen (secondary N) is 1. The first kappa shape index (κ1) is 13.5. The zero-order chi connectivity index (χ0) is 14.1. The third-order valence-electron chi connectivity index (χ3n) is 4.93. The van der Waals surface area contributed by atoms with Crippen molar-refractivity contribution in [1.29, 1.82) is 0 Å². The molecule has 1 saturated heterocycles. The van der Waals surface area contributed by atoms with Crippen LogP contribution in [0.25, 0.3) is 0 Å². The number of benzene rings is 1. The third kappa shape index (κ3) is 2.91. The van der Waals surface area contributed by atoms with Crippen LogP contribution in [0.3, 0.4) is 0 Å². The molecular weight excluding hydrogens is 278 g/mol. The standard InChI is InChI=1S/C17H23N3S/c1-2-11-20(10-1)15-8-6-14(7-9-15)18-17-19-16-5-3-4-13(16)12-21-17/h6-9,13,16H,1-5,10-12H2,(H,18,19). The summed E-state index contributed by atoms with van der Waals surface area (Å²) in [6.45, 7) is 2.41. The number of thioether (sulfide) groups is 1. The molecule has 2 aliphatic heterocycles.